The highest BCUT2D eigenvalue weighted by atomic mass is 16.5. The molecule has 1 N–H and O–H groups in total. The van der Waals surface area contributed by atoms with Gasteiger partial charge in [0.2, 0.25) is 5.91 Å². The summed E-state index contributed by atoms with van der Waals surface area (Å²) >= 11 is 0. The van der Waals surface area contributed by atoms with Crippen LogP contribution in [0.2, 0.25) is 0 Å². The summed E-state index contributed by atoms with van der Waals surface area (Å²) in [6, 6.07) is 12.7. The standard InChI is InChI=1S/C23H26N2O4/c1-25(2)23(28)15-29-20-10-8-19(9-11-20)24-22(27)13-12-21(26)18-7-6-16-4-3-5-17(16)14-18/h6-11,14H,3-5,12-13,15H2,1-2H3,(H,24,27). The molecule has 0 saturated carbocycles. The van der Waals surface area contributed by atoms with Crippen LogP contribution in [0.3, 0.4) is 0 Å². The molecule has 0 bridgehead atoms. The molecule has 0 aliphatic heterocycles. The molecule has 0 atom stereocenters. The molecule has 2 aromatic carbocycles. The van der Waals surface area contributed by atoms with Crippen molar-refractivity contribution in [1.82, 2.24) is 4.90 Å². The van der Waals surface area contributed by atoms with Gasteiger partial charge in [-0.15, -0.1) is 0 Å². The first-order chi connectivity index (χ1) is 13.9. The number of hydrogen-bond acceptors (Lipinski definition) is 4. The Kier molecular flexibility index (Phi) is 6.65. The Morgan fingerprint density at radius 3 is 2.41 bits per heavy atom. The summed E-state index contributed by atoms with van der Waals surface area (Å²) in [6.07, 6.45) is 3.57. The number of carbonyl (C=O) groups is 3. The molecule has 0 saturated heterocycles. The van der Waals surface area contributed by atoms with Crippen LogP contribution in [0.25, 0.3) is 0 Å². The largest absolute Gasteiger partial charge is 0.484 e. The van der Waals surface area contributed by atoms with Crippen LogP contribution >= 0.6 is 0 Å². The number of benzene rings is 2. The van der Waals surface area contributed by atoms with Gasteiger partial charge in [0.1, 0.15) is 5.75 Å². The van der Waals surface area contributed by atoms with E-state index in [1.54, 1.807) is 38.4 Å². The molecular formula is C23H26N2O4. The minimum atomic E-state index is -0.212. The quantitative estimate of drug-likeness (QED) is 0.698. The molecule has 0 aromatic heterocycles. The summed E-state index contributed by atoms with van der Waals surface area (Å²) < 4.78 is 5.40. The first-order valence-corrected chi connectivity index (χ1v) is 9.80. The van der Waals surface area contributed by atoms with Crippen molar-refractivity contribution in [2.75, 3.05) is 26.0 Å². The second-order valence-electron chi connectivity index (χ2n) is 7.41. The van der Waals surface area contributed by atoms with Crippen LogP contribution in [0.15, 0.2) is 42.5 Å². The maximum atomic E-state index is 12.4. The number of rotatable bonds is 8. The molecule has 3 rings (SSSR count). The summed E-state index contributed by atoms with van der Waals surface area (Å²) in [5, 5.41) is 2.78. The van der Waals surface area contributed by atoms with E-state index in [-0.39, 0.29) is 37.0 Å². The number of ketones is 1. The van der Waals surface area contributed by atoms with E-state index in [4.69, 9.17) is 4.74 Å². The van der Waals surface area contributed by atoms with Gasteiger partial charge in [0.15, 0.2) is 12.4 Å². The molecule has 2 aromatic rings. The Morgan fingerprint density at radius 1 is 0.966 bits per heavy atom. The highest BCUT2D eigenvalue weighted by Crippen LogP contribution is 2.23. The summed E-state index contributed by atoms with van der Waals surface area (Å²) in [4.78, 5) is 37.5. The molecule has 6 nitrogen and oxygen atoms in total. The van der Waals surface area contributed by atoms with E-state index >= 15 is 0 Å². The van der Waals surface area contributed by atoms with Gasteiger partial charge < -0.3 is 15.0 Å². The fraction of sp³-hybridized carbons (Fsp3) is 0.348. The number of nitrogens with one attached hydrogen (secondary N) is 1. The molecule has 0 spiro atoms. The molecule has 0 fully saturated rings. The third-order valence-corrected chi connectivity index (χ3v) is 5.00. The third kappa shape index (κ3) is 5.67. The van der Waals surface area contributed by atoms with Gasteiger partial charge in [-0.1, -0.05) is 12.1 Å². The zero-order valence-corrected chi connectivity index (χ0v) is 16.9. The summed E-state index contributed by atoms with van der Waals surface area (Å²) in [5.74, 6) is 0.195. The summed E-state index contributed by atoms with van der Waals surface area (Å²) in [6.45, 7) is -0.0382. The lowest BCUT2D eigenvalue weighted by atomic mass is 10.0. The predicted octanol–water partition coefficient (Wildman–Crippen LogP) is 3.24. The van der Waals surface area contributed by atoms with E-state index in [0.29, 0.717) is 17.0 Å². The Labute approximate surface area is 170 Å². The highest BCUT2D eigenvalue weighted by Gasteiger charge is 2.15. The van der Waals surface area contributed by atoms with Crippen LogP contribution < -0.4 is 10.1 Å². The lowest BCUT2D eigenvalue weighted by Crippen LogP contribution is -2.27. The Balaban J connectivity index is 1.45. The number of likely N-dealkylation sites (N-methyl/N-ethyl adjacent to an activating group) is 1. The molecular weight excluding hydrogens is 368 g/mol. The molecule has 1 aliphatic carbocycles. The second-order valence-corrected chi connectivity index (χ2v) is 7.41. The second kappa shape index (κ2) is 9.37. The third-order valence-electron chi connectivity index (χ3n) is 5.00. The Hall–Kier alpha value is -3.15. The fourth-order valence-electron chi connectivity index (χ4n) is 3.25. The maximum Gasteiger partial charge on any atom is 0.259 e. The minimum absolute atomic E-state index is 0.0100. The van der Waals surface area contributed by atoms with Crippen LogP contribution in [-0.4, -0.2) is 43.2 Å². The summed E-state index contributed by atoms with van der Waals surface area (Å²) in [5.41, 5.74) is 3.89. The van der Waals surface area contributed by atoms with Crippen molar-refractivity contribution in [3.63, 3.8) is 0 Å². The van der Waals surface area contributed by atoms with Crippen molar-refractivity contribution in [1.29, 1.82) is 0 Å². The van der Waals surface area contributed by atoms with E-state index in [9.17, 15) is 14.4 Å². The molecule has 2 amide bonds. The number of carbonyl (C=O) groups excluding carboxylic acids is 3. The topological polar surface area (TPSA) is 75.7 Å². The predicted molar refractivity (Wildman–Crippen MR) is 111 cm³/mol. The average molecular weight is 394 g/mol. The zero-order chi connectivity index (χ0) is 20.8. The number of ether oxygens (including phenoxy) is 1. The van der Waals surface area contributed by atoms with Crippen LogP contribution in [0.5, 0.6) is 5.75 Å². The fourth-order valence-corrected chi connectivity index (χ4v) is 3.25. The normalized spacial score (nSPS) is 12.2. The van der Waals surface area contributed by atoms with Gasteiger partial charge in [0, 0.05) is 38.2 Å². The maximum absolute atomic E-state index is 12.4. The van der Waals surface area contributed by atoms with Crippen LogP contribution in [-0.2, 0) is 22.4 Å². The van der Waals surface area contributed by atoms with Gasteiger partial charge in [0.25, 0.3) is 5.91 Å². The zero-order valence-electron chi connectivity index (χ0n) is 16.9. The van der Waals surface area contributed by atoms with E-state index < -0.39 is 0 Å². The van der Waals surface area contributed by atoms with Gasteiger partial charge in [-0.25, -0.2) is 0 Å². The van der Waals surface area contributed by atoms with Gasteiger partial charge in [0.05, 0.1) is 0 Å². The van der Waals surface area contributed by atoms with Gasteiger partial charge in [-0.05, 0) is 60.7 Å². The Morgan fingerprint density at radius 2 is 1.69 bits per heavy atom. The van der Waals surface area contributed by atoms with Crippen molar-refractivity contribution in [2.24, 2.45) is 0 Å². The molecule has 152 valence electrons. The van der Waals surface area contributed by atoms with E-state index in [0.717, 1.165) is 19.3 Å². The van der Waals surface area contributed by atoms with Crippen LogP contribution in [0.1, 0.15) is 40.7 Å². The van der Waals surface area contributed by atoms with Crippen LogP contribution in [0, 0.1) is 0 Å². The minimum Gasteiger partial charge on any atom is -0.484 e. The van der Waals surface area contributed by atoms with Gasteiger partial charge in [-0.2, -0.15) is 0 Å². The highest BCUT2D eigenvalue weighted by molar-refractivity contribution is 6.00. The van der Waals surface area contributed by atoms with Crippen molar-refractivity contribution >= 4 is 23.3 Å². The van der Waals surface area contributed by atoms with E-state index in [2.05, 4.69) is 5.32 Å². The number of Topliss-reactive ketones (excluding diaryl/α,β-unsaturated/α-hetero) is 1. The van der Waals surface area contributed by atoms with Crippen LogP contribution in [0.4, 0.5) is 5.69 Å². The molecule has 6 heteroatoms. The lowest BCUT2D eigenvalue weighted by molar-refractivity contribution is -0.130. The monoisotopic (exact) mass is 394 g/mol. The van der Waals surface area contributed by atoms with Crippen molar-refractivity contribution in [3.8, 4) is 5.75 Å². The molecule has 0 heterocycles. The molecule has 0 unspecified atom stereocenters. The number of amides is 2. The molecule has 0 radical (unpaired) electrons. The number of hydrogen-bond donors (Lipinski definition) is 1. The van der Waals surface area contributed by atoms with Gasteiger partial charge >= 0.3 is 0 Å². The van der Waals surface area contributed by atoms with Crippen molar-refractivity contribution in [3.05, 3.63) is 59.2 Å². The smallest absolute Gasteiger partial charge is 0.259 e. The summed E-state index contributed by atoms with van der Waals surface area (Å²) in [7, 11) is 3.33. The molecule has 1 aliphatic rings. The number of anilines is 1. The molecule has 29 heavy (non-hydrogen) atoms. The lowest BCUT2D eigenvalue weighted by Gasteiger charge is -2.11. The van der Waals surface area contributed by atoms with E-state index in [1.165, 1.54) is 16.0 Å². The first-order valence-electron chi connectivity index (χ1n) is 9.80. The van der Waals surface area contributed by atoms with Crippen molar-refractivity contribution < 1.29 is 19.1 Å². The van der Waals surface area contributed by atoms with Crippen molar-refractivity contribution in [2.45, 2.75) is 32.1 Å². The average Bonchev–Trinajstić information content (AvgIpc) is 3.19. The number of aryl methyl sites for hydroxylation is 2. The Bertz CT molecular complexity index is 904. The first kappa shape index (κ1) is 20.6. The number of nitrogens with zero attached hydrogens (tertiary/aromatic N) is 1. The van der Waals surface area contributed by atoms with E-state index in [1.807, 2.05) is 18.2 Å². The van der Waals surface area contributed by atoms with Gasteiger partial charge in [-0.3, -0.25) is 14.4 Å². The SMILES string of the molecule is CN(C)C(=O)COc1ccc(NC(=O)CCC(=O)c2ccc3c(c2)CCC3)cc1. The number of fused-ring (bicyclic) bond motifs is 1.